The van der Waals surface area contributed by atoms with Gasteiger partial charge in [0.1, 0.15) is 6.10 Å². The number of carbonyl (C=O) groups is 2. The van der Waals surface area contributed by atoms with Crippen molar-refractivity contribution in [1.29, 1.82) is 0 Å². The molecule has 0 spiro atoms. The van der Waals surface area contributed by atoms with Crippen molar-refractivity contribution in [1.82, 2.24) is 14.9 Å². The molecule has 1 saturated heterocycles. The minimum absolute atomic E-state index is 0.00995. The summed E-state index contributed by atoms with van der Waals surface area (Å²) in [7, 11) is 1.35. The molecule has 4 N–H and O–H groups in total. The zero-order valence-electron chi connectivity index (χ0n) is 20.5. The van der Waals surface area contributed by atoms with Crippen LogP contribution in [0.15, 0.2) is 24.3 Å². The highest BCUT2D eigenvalue weighted by Crippen LogP contribution is 2.46. The number of aliphatic hydroxyl groups excluding tert-OH is 2. The molecule has 0 aliphatic carbocycles. The monoisotopic (exact) mass is 557 g/mol. The van der Waals surface area contributed by atoms with Crippen molar-refractivity contribution >= 4 is 55.4 Å². The van der Waals surface area contributed by atoms with Crippen molar-refractivity contribution in [2.75, 3.05) is 13.7 Å². The van der Waals surface area contributed by atoms with Crippen molar-refractivity contribution < 1.29 is 46.8 Å². The van der Waals surface area contributed by atoms with Gasteiger partial charge in [0.2, 0.25) is 0 Å². The summed E-state index contributed by atoms with van der Waals surface area (Å²) in [5.41, 5.74) is -0.0799. The van der Waals surface area contributed by atoms with E-state index in [2.05, 4.69) is 10.3 Å². The van der Waals surface area contributed by atoms with E-state index < -0.39 is 66.2 Å². The lowest BCUT2D eigenvalue weighted by Crippen LogP contribution is -2.47. The molecule has 4 atom stereocenters. The fourth-order valence-corrected chi connectivity index (χ4v) is 6.11. The van der Waals surface area contributed by atoms with Crippen LogP contribution in [0, 0.1) is 23.3 Å². The number of nitrogens with zero attached hydrogens (tertiary/aromatic N) is 1. The minimum atomic E-state index is -1.39. The first-order valence-corrected chi connectivity index (χ1v) is 12.3. The Morgan fingerprint density at radius 1 is 0.975 bits per heavy atom. The van der Waals surface area contributed by atoms with Crippen LogP contribution in [0.3, 0.4) is 0 Å². The Hall–Kier alpha value is -4.04. The first-order chi connectivity index (χ1) is 19.1. The molecule has 40 heavy (non-hydrogen) atoms. The number of hydrogen-bond donors (Lipinski definition) is 4. The molecule has 9 nitrogen and oxygen atoms in total. The van der Waals surface area contributed by atoms with Gasteiger partial charge in [-0.05, 0) is 12.1 Å². The number of aromatic amines is 1. The fraction of sp³-hybridized carbons (Fsp3) is 0.259. The molecule has 1 fully saturated rings. The molecule has 5 aromatic rings. The number of benzene rings is 3. The fourth-order valence-electron chi connectivity index (χ4n) is 6.11. The molecule has 2 aromatic heterocycles. The lowest BCUT2D eigenvalue weighted by molar-refractivity contribution is -0.209. The molecule has 13 heteroatoms. The molecule has 2 aliphatic rings. The number of carbonyl (C=O) groups excluding carboxylic acids is 2. The largest absolute Gasteiger partial charge is 0.394 e. The van der Waals surface area contributed by atoms with E-state index in [1.807, 2.05) is 0 Å². The number of ether oxygens (including phenoxy) is 2. The van der Waals surface area contributed by atoms with E-state index in [-0.39, 0.29) is 61.2 Å². The number of hydrogen-bond acceptors (Lipinski definition) is 6. The first-order valence-electron chi connectivity index (χ1n) is 12.3. The summed E-state index contributed by atoms with van der Waals surface area (Å²) < 4.78 is 70.7. The summed E-state index contributed by atoms with van der Waals surface area (Å²) in [6.07, 6.45) is -4.29. The van der Waals surface area contributed by atoms with Crippen LogP contribution in [0.1, 0.15) is 33.4 Å². The molecule has 0 saturated carbocycles. The van der Waals surface area contributed by atoms with Crippen LogP contribution in [0.25, 0.3) is 43.6 Å². The van der Waals surface area contributed by atoms with Crippen LogP contribution in [0.2, 0.25) is 0 Å². The molecular formula is C27H19F4N3O6. The Balaban J connectivity index is 1.73. The second-order valence-electron chi connectivity index (χ2n) is 9.93. The van der Waals surface area contributed by atoms with Crippen molar-refractivity contribution in [2.45, 2.75) is 31.0 Å². The molecule has 206 valence electrons. The van der Waals surface area contributed by atoms with Gasteiger partial charge in [0, 0.05) is 52.7 Å². The van der Waals surface area contributed by atoms with Crippen LogP contribution in [0.5, 0.6) is 0 Å². The lowest BCUT2D eigenvalue weighted by Gasteiger charge is -2.39. The lowest BCUT2D eigenvalue weighted by atomic mass is 9.96. The second kappa shape index (κ2) is 8.48. The van der Waals surface area contributed by atoms with Gasteiger partial charge in [-0.15, -0.1) is 0 Å². The number of halogens is 4. The highest BCUT2D eigenvalue weighted by atomic mass is 19.2. The molecule has 2 aliphatic heterocycles. The summed E-state index contributed by atoms with van der Waals surface area (Å²) >= 11 is 0. The summed E-state index contributed by atoms with van der Waals surface area (Å²) in [6, 6.07) is 3.49. The maximum atomic E-state index is 14.7. The van der Waals surface area contributed by atoms with Gasteiger partial charge in [0.05, 0.1) is 46.5 Å². The van der Waals surface area contributed by atoms with Gasteiger partial charge in [-0.1, -0.05) is 0 Å². The third-order valence-electron chi connectivity index (χ3n) is 7.81. The number of rotatable bonds is 3. The summed E-state index contributed by atoms with van der Waals surface area (Å²) in [5, 5.41) is 23.5. The van der Waals surface area contributed by atoms with E-state index in [1.54, 1.807) is 0 Å². The highest BCUT2D eigenvalue weighted by molar-refractivity contribution is 6.39. The third-order valence-corrected chi connectivity index (χ3v) is 7.81. The van der Waals surface area contributed by atoms with Gasteiger partial charge in [-0.25, -0.2) is 17.6 Å². The van der Waals surface area contributed by atoms with Gasteiger partial charge in [-0.2, -0.15) is 0 Å². The molecule has 0 unspecified atom stereocenters. The molecule has 0 bridgehead atoms. The maximum absolute atomic E-state index is 14.7. The summed E-state index contributed by atoms with van der Waals surface area (Å²) in [4.78, 5) is 29.2. The van der Waals surface area contributed by atoms with Crippen molar-refractivity contribution in [2.24, 2.45) is 0 Å². The molecular weight excluding hydrogens is 538 g/mol. The first kappa shape index (κ1) is 25.0. The Labute approximate surface area is 220 Å². The Morgan fingerprint density at radius 2 is 1.60 bits per heavy atom. The number of imide groups is 1. The molecule has 4 heterocycles. The number of nitrogens with one attached hydrogen (secondary N) is 2. The minimum Gasteiger partial charge on any atom is -0.394 e. The van der Waals surface area contributed by atoms with Gasteiger partial charge in [-0.3, -0.25) is 14.9 Å². The van der Waals surface area contributed by atoms with E-state index in [0.717, 1.165) is 24.3 Å². The number of amides is 2. The standard InChI is InChI=1S/C27H19F4N3O6/c1-39-17-2-8(7-35)40-27(24(17)36)34-16-6-14(31)12(29)4-10(16)19-21-20(25(37)33-26(21)38)18-9-3-11(28)13(30)5-15(9)32-22(18)23(19)34/h3-6,8,17,24,27,32,35-36H,2,7H2,1H3,(H,33,37,38)/t8-,17-,24+,27+/m0/s1. The number of H-pyrrole nitrogens is 1. The number of fused-ring (bicyclic) bond motifs is 10. The van der Waals surface area contributed by atoms with Crippen molar-refractivity contribution in [3.63, 3.8) is 0 Å². The Kier molecular flexibility index (Phi) is 5.29. The second-order valence-corrected chi connectivity index (χ2v) is 9.93. The number of methoxy groups -OCH3 is 1. The van der Waals surface area contributed by atoms with Crippen LogP contribution < -0.4 is 5.32 Å². The van der Waals surface area contributed by atoms with E-state index in [9.17, 15) is 37.4 Å². The molecule has 2 amide bonds. The van der Waals surface area contributed by atoms with E-state index >= 15 is 0 Å². The predicted molar refractivity (Wildman–Crippen MR) is 133 cm³/mol. The van der Waals surface area contributed by atoms with Gasteiger partial charge in [0.25, 0.3) is 11.8 Å². The van der Waals surface area contributed by atoms with Gasteiger partial charge in [0.15, 0.2) is 29.5 Å². The quantitative estimate of drug-likeness (QED) is 0.199. The van der Waals surface area contributed by atoms with Crippen molar-refractivity contribution in [3.05, 3.63) is 58.7 Å². The SMILES string of the molecule is CO[C@H]1C[C@@H](CO)O[C@@H](n2c3cc(F)c(F)cc3c3c4c(c5c6cc(F)c(F)cc6[nH]c5c32)C(=O)NC4=O)[C@@H]1O. The smallest absolute Gasteiger partial charge is 0.259 e. The zero-order valence-corrected chi connectivity index (χ0v) is 20.5. The maximum Gasteiger partial charge on any atom is 0.259 e. The molecule has 0 radical (unpaired) electrons. The summed E-state index contributed by atoms with van der Waals surface area (Å²) in [5.74, 6) is -6.49. The average Bonchev–Trinajstić information content (AvgIpc) is 3.53. The Bertz CT molecular complexity index is 1950. The van der Waals surface area contributed by atoms with E-state index in [0.29, 0.717) is 0 Å². The van der Waals surface area contributed by atoms with Crippen LogP contribution in [0.4, 0.5) is 17.6 Å². The van der Waals surface area contributed by atoms with Gasteiger partial charge < -0.3 is 29.2 Å². The third kappa shape index (κ3) is 3.17. The molecule has 3 aromatic carbocycles. The van der Waals surface area contributed by atoms with E-state index in [4.69, 9.17) is 9.47 Å². The highest BCUT2D eigenvalue weighted by Gasteiger charge is 2.42. The topological polar surface area (TPSA) is 126 Å². The average molecular weight is 557 g/mol. The predicted octanol–water partition coefficient (Wildman–Crippen LogP) is 3.52. The number of aliphatic hydroxyl groups is 2. The van der Waals surface area contributed by atoms with Crippen molar-refractivity contribution in [3.8, 4) is 0 Å². The number of aromatic nitrogens is 2. The van der Waals surface area contributed by atoms with Crippen LogP contribution in [-0.4, -0.2) is 63.6 Å². The zero-order chi connectivity index (χ0) is 28.2. The van der Waals surface area contributed by atoms with E-state index in [1.165, 1.54) is 11.7 Å². The summed E-state index contributed by atoms with van der Waals surface area (Å²) in [6.45, 7) is -0.449. The van der Waals surface area contributed by atoms with Crippen LogP contribution >= 0.6 is 0 Å². The van der Waals surface area contributed by atoms with Gasteiger partial charge >= 0.3 is 0 Å². The normalized spacial score (nSPS) is 23.2. The Morgan fingerprint density at radius 3 is 2.27 bits per heavy atom. The molecule has 7 rings (SSSR count). The van der Waals surface area contributed by atoms with Crippen LogP contribution in [-0.2, 0) is 9.47 Å².